The van der Waals surface area contributed by atoms with Crippen LogP contribution in [0, 0.1) is 0 Å². The molecule has 1 atom stereocenters. The zero-order valence-corrected chi connectivity index (χ0v) is 5.44. The highest BCUT2D eigenvalue weighted by molar-refractivity contribution is 7.81. The molecule has 0 aromatic heterocycles. The predicted octanol–water partition coefficient (Wildman–Crippen LogP) is 1.09. The molecular weight excluding hydrogens is 118 g/mol. The zero-order valence-electron chi connectivity index (χ0n) is 4.54. The Morgan fingerprint density at radius 3 is 2.88 bits per heavy atom. The molecule has 0 spiro atoms. The van der Waals surface area contributed by atoms with Gasteiger partial charge in [0.2, 0.25) is 0 Å². The van der Waals surface area contributed by atoms with E-state index in [1.807, 2.05) is 18.2 Å². The van der Waals surface area contributed by atoms with Crippen molar-refractivity contribution < 1.29 is 0 Å². The Balaban J connectivity index is 2.63. The average Bonchev–Trinajstić information content (AvgIpc) is 1.64. The molecule has 1 aliphatic carbocycles. The summed E-state index contributed by atoms with van der Waals surface area (Å²) in [6.07, 6.45) is 6.90. The van der Waals surface area contributed by atoms with Gasteiger partial charge in [0, 0.05) is 10.9 Å². The van der Waals surface area contributed by atoms with Crippen molar-refractivity contribution in [3.05, 3.63) is 23.9 Å². The van der Waals surface area contributed by atoms with Gasteiger partial charge in [-0.15, -0.1) is 0 Å². The molecule has 0 radical (unpaired) electrons. The summed E-state index contributed by atoms with van der Waals surface area (Å²) in [5, 5.41) is 0.333. The van der Waals surface area contributed by atoms with E-state index in [9.17, 15) is 0 Å². The van der Waals surface area contributed by atoms with Crippen LogP contribution < -0.4 is 5.73 Å². The highest BCUT2D eigenvalue weighted by Crippen LogP contribution is 2.10. The van der Waals surface area contributed by atoms with E-state index in [0.29, 0.717) is 5.25 Å². The fourth-order valence-electron chi connectivity index (χ4n) is 0.689. The first-order valence-electron chi connectivity index (χ1n) is 2.61. The molecule has 0 aromatic rings. The molecule has 0 aromatic carbocycles. The van der Waals surface area contributed by atoms with Crippen molar-refractivity contribution in [1.82, 2.24) is 0 Å². The van der Waals surface area contributed by atoms with E-state index in [2.05, 4.69) is 12.6 Å². The summed E-state index contributed by atoms with van der Waals surface area (Å²) in [5.74, 6) is 0. The maximum absolute atomic E-state index is 5.45. The third kappa shape index (κ3) is 1.30. The van der Waals surface area contributed by atoms with Crippen LogP contribution in [0.5, 0.6) is 0 Å². The number of thiol groups is 1. The van der Waals surface area contributed by atoms with E-state index < -0.39 is 0 Å². The number of hydrogen-bond donors (Lipinski definition) is 2. The Bertz CT molecular complexity index is 137. The third-order valence-electron chi connectivity index (χ3n) is 1.07. The molecule has 1 unspecified atom stereocenters. The van der Waals surface area contributed by atoms with Crippen LogP contribution in [0.2, 0.25) is 0 Å². The molecule has 0 saturated carbocycles. The molecule has 0 saturated heterocycles. The lowest BCUT2D eigenvalue weighted by Gasteiger charge is -2.06. The fraction of sp³-hybridized carbons (Fsp3) is 0.333. The van der Waals surface area contributed by atoms with Crippen LogP contribution in [0.4, 0.5) is 0 Å². The number of nitrogens with two attached hydrogens (primary N) is 1. The Labute approximate surface area is 54.7 Å². The van der Waals surface area contributed by atoms with Gasteiger partial charge in [-0.3, -0.25) is 0 Å². The second kappa shape index (κ2) is 2.27. The standard InChI is InChI=1S/C6H9NS/c7-5-2-1-3-6(8)4-5/h1-2,4,6,8H,3,7H2. The molecule has 2 N–H and O–H groups in total. The van der Waals surface area contributed by atoms with Gasteiger partial charge >= 0.3 is 0 Å². The molecule has 8 heavy (non-hydrogen) atoms. The topological polar surface area (TPSA) is 26.0 Å². The van der Waals surface area contributed by atoms with Crippen molar-refractivity contribution in [3.63, 3.8) is 0 Å². The van der Waals surface area contributed by atoms with Crippen molar-refractivity contribution in [2.75, 3.05) is 0 Å². The van der Waals surface area contributed by atoms with E-state index in [0.717, 1.165) is 12.1 Å². The maximum atomic E-state index is 5.45. The molecule has 1 rings (SSSR count). The normalized spacial score (nSPS) is 27.6. The molecule has 0 aliphatic heterocycles. The van der Waals surface area contributed by atoms with Crippen LogP contribution in [0.25, 0.3) is 0 Å². The zero-order chi connectivity index (χ0) is 5.98. The van der Waals surface area contributed by atoms with Crippen LogP contribution in [-0.4, -0.2) is 5.25 Å². The number of rotatable bonds is 0. The van der Waals surface area contributed by atoms with Gasteiger partial charge in [0.25, 0.3) is 0 Å². The van der Waals surface area contributed by atoms with E-state index in [1.54, 1.807) is 0 Å². The van der Waals surface area contributed by atoms with Crippen molar-refractivity contribution >= 4 is 12.6 Å². The van der Waals surface area contributed by atoms with E-state index in [4.69, 9.17) is 5.73 Å². The van der Waals surface area contributed by atoms with Gasteiger partial charge in [-0.2, -0.15) is 12.6 Å². The molecule has 1 aliphatic rings. The van der Waals surface area contributed by atoms with Crippen LogP contribution in [0.15, 0.2) is 23.9 Å². The van der Waals surface area contributed by atoms with E-state index in [1.165, 1.54) is 0 Å². The molecule has 1 nitrogen and oxygen atoms in total. The van der Waals surface area contributed by atoms with Crippen LogP contribution in [0.3, 0.4) is 0 Å². The molecule has 0 bridgehead atoms. The second-order valence-corrected chi connectivity index (χ2v) is 2.54. The van der Waals surface area contributed by atoms with Gasteiger partial charge in [-0.25, -0.2) is 0 Å². The Morgan fingerprint density at radius 1 is 1.75 bits per heavy atom. The van der Waals surface area contributed by atoms with Gasteiger partial charge < -0.3 is 5.73 Å². The van der Waals surface area contributed by atoms with Gasteiger partial charge in [-0.05, 0) is 18.6 Å². The SMILES string of the molecule is NC1=CC(S)CC=C1. The van der Waals surface area contributed by atoms with Gasteiger partial charge in [0.05, 0.1) is 0 Å². The minimum Gasteiger partial charge on any atom is -0.399 e. The first-order chi connectivity index (χ1) is 3.79. The average molecular weight is 127 g/mol. The van der Waals surface area contributed by atoms with E-state index in [-0.39, 0.29) is 0 Å². The van der Waals surface area contributed by atoms with Crippen LogP contribution in [-0.2, 0) is 0 Å². The summed E-state index contributed by atoms with van der Waals surface area (Å²) in [7, 11) is 0. The predicted molar refractivity (Wildman–Crippen MR) is 38.8 cm³/mol. The summed E-state index contributed by atoms with van der Waals surface area (Å²) < 4.78 is 0. The maximum Gasteiger partial charge on any atom is 0.0281 e. The lowest BCUT2D eigenvalue weighted by molar-refractivity contribution is 1.04. The van der Waals surface area contributed by atoms with Crippen LogP contribution >= 0.6 is 12.6 Å². The summed E-state index contributed by atoms with van der Waals surface area (Å²) in [6, 6.07) is 0. The monoisotopic (exact) mass is 127 g/mol. The van der Waals surface area contributed by atoms with Crippen molar-refractivity contribution in [1.29, 1.82) is 0 Å². The molecule has 44 valence electrons. The second-order valence-electron chi connectivity index (χ2n) is 1.87. The quantitative estimate of drug-likeness (QED) is 0.468. The first-order valence-corrected chi connectivity index (χ1v) is 3.12. The first kappa shape index (κ1) is 5.76. The molecule has 0 heterocycles. The van der Waals surface area contributed by atoms with Gasteiger partial charge in [0.1, 0.15) is 0 Å². The smallest absolute Gasteiger partial charge is 0.0281 e. The van der Waals surface area contributed by atoms with Crippen molar-refractivity contribution in [2.24, 2.45) is 5.73 Å². The molecular formula is C6H9NS. The Morgan fingerprint density at radius 2 is 2.50 bits per heavy atom. The van der Waals surface area contributed by atoms with Gasteiger partial charge in [0.15, 0.2) is 0 Å². The highest BCUT2D eigenvalue weighted by Gasteiger charge is 1.99. The largest absolute Gasteiger partial charge is 0.399 e. The lowest BCUT2D eigenvalue weighted by Crippen LogP contribution is -2.03. The minimum atomic E-state index is 0.333. The summed E-state index contributed by atoms with van der Waals surface area (Å²) >= 11 is 4.21. The molecule has 0 amide bonds. The Kier molecular flexibility index (Phi) is 1.63. The fourth-order valence-corrected chi connectivity index (χ4v) is 0.983. The van der Waals surface area contributed by atoms with Crippen molar-refractivity contribution in [2.45, 2.75) is 11.7 Å². The van der Waals surface area contributed by atoms with Crippen LogP contribution in [0.1, 0.15) is 6.42 Å². The summed E-state index contributed by atoms with van der Waals surface area (Å²) in [4.78, 5) is 0. The number of allylic oxidation sites excluding steroid dienone is 2. The summed E-state index contributed by atoms with van der Waals surface area (Å²) in [6.45, 7) is 0. The van der Waals surface area contributed by atoms with Crippen molar-refractivity contribution in [3.8, 4) is 0 Å². The lowest BCUT2D eigenvalue weighted by atomic mass is 10.1. The number of hydrogen-bond acceptors (Lipinski definition) is 2. The summed E-state index contributed by atoms with van der Waals surface area (Å²) in [5.41, 5.74) is 6.28. The third-order valence-corrected chi connectivity index (χ3v) is 1.43. The van der Waals surface area contributed by atoms with E-state index >= 15 is 0 Å². The Hall–Kier alpha value is -0.370. The minimum absolute atomic E-state index is 0.333. The highest BCUT2D eigenvalue weighted by atomic mass is 32.1. The molecule has 2 heteroatoms. The van der Waals surface area contributed by atoms with Gasteiger partial charge in [-0.1, -0.05) is 6.08 Å². The molecule has 0 fully saturated rings.